The molecule has 1 aliphatic rings. The Morgan fingerprint density at radius 3 is 2.73 bits per heavy atom. The molecule has 0 heterocycles. The van der Waals surface area contributed by atoms with Crippen molar-refractivity contribution in [1.29, 1.82) is 0 Å². The molecule has 66 valence electrons. The first kappa shape index (κ1) is 9.20. The molecule has 0 radical (unpaired) electrons. The van der Waals surface area contributed by atoms with Gasteiger partial charge in [-0.2, -0.15) is 0 Å². The fourth-order valence-corrected chi connectivity index (χ4v) is 1.49. The van der Waals surface area contributed by atoms with Crippen LogP contribution in [0.15, 0.2) is 0 Å². The van der Waals surface area contributed by atoms with Crippen molar-refractivity contribution in [3.63, 3.8) is 0 Å². The lowest BCUT2D eigenvalue weighted by Crippen LogP contribution is -2.21. The van der Waals surface area contributed by atoms with Crippen LogP contribution in [0.4, 0.5) is 0 Å². The van der Waals surface area contributed by atoms with Crippen LogP contribution in [-0.2, 0) is 10.8 Å². The molecule has 1 aliphatic carbocycles. The largest absolute Gasteiger partial charge is 0.316 e. The minimum Gasteiger partial charge on any atom is -0.316 e. The second kappa shape index (κ2) is 4.88. The third kappa shape index (κ3) is 5.39. The Balaban J connectivity index is 1.76. The highest BCUT2D eigenvalue weighted by atomic mass is 32.2. The molecule has 3 heteroatoms. The van der Waals surface area contributed by atoms with Crippen molar-refractivity contribution in [2.24, 2.45) is 5.92 Å². The van der Waals surface area contributed by atoms with Gasteiger partial charge in [0.15, 0.2) is 0 Å². The Morgan fingerprint density at radius 1 is 1.45 bits per heavy atom. The van der Waals surface area contributed by atoms with Crippen LogP contribution in [0.1, 0.15) is 19.3 Å². The maximum Gasteiger partial charge on any atom is 0.0357 e. The Hall–Kier alpha value is 0.110. The van der Waals surface area contributed by atoms with Crippen LogP contribution in [0.5, 0.6) is 0 Å². The van der Waals surface area contributed by atoms with Gasteiger partial charge in [-0.15, -0.1) is 0 Å². The van der Waals surface area contributed by atoms with Crippen molar-refractivity contribution < 1.29 is 4.21 Å². The average Bonchev–Trinajstić information content (AvgIpc) is 2.70. The minimum absolute atomic E-state index is 0.627. The van der Waals surface area contributed by atoms with Crippen LogP contribution in [0, 0.1) is 5.92 Å². The molecular formula is C8H17NOS. The van der Waals surface area contributed by atoms with Gasteiger partial charge in [-0.05, 0) is 18.9 Å². The molecule has 0 amide bonds. The molecule has 0 bridgehead atoms. The summed E-state index contributed by atoms with van der Waals surface area (Å²) in [5, 5.41) is 3.30. The average molecular weight is 175 g/mol. The molecule has 1 atom stereocenters. The Bertz CT molecular complexity index is 134. The lowest BCUT2D eigenvalue weighted by Gasteiger charge is -2.01. The van der Waals surface area contributed by atoms with E-state index in [0.717, 1.165) is 24.8 Å². The zero-order chi connectivity index (χ0) is 8.10. The minimum atomic E-state index is -0.627. The standard InChI is InChI=1S/C8H17NOS/c1-11(10)7-6-9-5-4-8-2-3-8/h8-9H,2-7H2,1H3. The van der Waals surface area contributed by atoms with E-state index in [1.54, 1.807) is 6.26 Å². The summed E-state index contributed by atoms with van der Waals surface area (Å²) >= 11 is 0. The molecule has 0 saturated heterocycles. The van der Waals surface area contributed by atoms with Gasteiger partial charge < -0.3 is 5.32 Å². The van der Waals surface area contributed by atoms with Crippen molar-refractivity contribution in [2.75, 3.05) is 25.1 Å². The fraction of sp³-hybridized carbons (Fsp3) is 1.00. The van der Waals surface area contributed by atoms with E-state index in [1.165, 1.54) is 19.3 Å². The fourth-order valence-electron chi connectivity index (χ4n) is 1.05. The summed E-state index contributed by atoms with van der Waals surface area (Å²) in [6.45, 7) is 2.03. The maximum absolute atomic E-state index is 10.6. The van der Waals surface area contributed by atoms with Crippen LogP contribution < -0.4 is 5.32 Å². The Morgan fingerprint density at radius 2 is 2.18 bits per heavy atom. The zero-order valence-electron chi connectivity index (χ0n) is 7.14. The SMILES string of the molecule is CS(=O)CCNCCC1CC1. The maximum atomic E-state index is 10.6. The van der Waals surface area contributed by atoms with E-state index in [1.807, 2.05) is 0 Å². The zero-order valence-corrected chi connectivity index (χ0v) is 7.95. The Labute approximate surface area is 71.2 Å². The van der Waals surface area contributed by atoms with E-state index in [-0.39, 0.29) is 0 Å². The van der Waals surface area contributed by atoms with E-state index < -0.39 is 10.8 Å². The third-order valence-corrected chi connectivity index (χ3v) is 2.77. The van der Waals surface area contributed by atoms with Gasteiger partial charge in [0, 0.05) is 29.4 Å². The molecule has 1 saturated carbocycles. The predicted molar refractivity (Wildman–Crippen MR) is 49.1 cm³/mol. The van der Waals surface area contributed by atoms with Gasteiger partial charge in [-0.1, -0.05) is 12.8 Å². The van der Waals surface area contributed by atoms with Gasteiger partial charge in [-0.3, -0.25) is 4.21 Å². The lowest BCUT2D eigenvalue weighted by molar-refractivity contribution is 0.628. The normalized spacial score (nSPS) is 20.1. The number of nitrogens with one attached hydrogen (secondary N) is 1. The summed E-state index contributed by atoms with van der Waals surface area (Å²) in [6, 6.07) is 0. The van der Waals surface area contributed by atoms with Crippen molar-refractivity contribution in [1.82, 2.24) is 5.32 Å². The second-order valence-electron chi connectivity index (χ2n) is 3.26. The van der Waals surface area contributed by atoms with Crippen LogP contribution in [-0.4, -0.2) is 29.3 Å². The highest BCUT2D eigenvalue weighted by Crippen LogP contribution is 2.31. The molecule has 1 rings (SSSR count). The second-order valence-corrected chi connectivity index (χ2v) is 4.81. The van der Waals surface area contributed by atoms with Gasteiger partial charge >= 0.3 is 0 Å². The molecule has 0 aromatic heterocycles. The molecule has 1 unspecified atom stereocenters. The predicted octanol–water partition coefficient (Wildman–Crippen LogP) is 0.755. The highest BCUT2D eigenvalue weighted by Gasteiger charge is 2.19. The summed E-state index contributed by atoms with van der Waals surface area (Å²) < 4.78 is 10.6. The molecule has 1 N–H and O–H groups in total. The topological polar surface area (TPSA) is 29.1 Å². The van der Waals surface area contributed by atoms with Crippen molar-refractivity contribution in [2.45, 2.75) is 19.3 Å². The summed E-state index contributed by atoms with van der Waals surface area (Å²) in [7, 11) is -0.627. The van der Waals surface area contributed by atoms with Crippen molar-refractivity contribution >= 4 is 10.8 Å². The summed E-state index contributed by atoms with van der Waals surface area (Å²) in [5.74, 6) is 1.81. The first-order valence-corrected chi connectivity index (χ1v) is 6.02. The van der Waals surface area contributed by atoms with Crippen LogP contribution in [0.2, 0.25) is 0 Å². The third-order valence-electron chi connectivity index (χ3n) is 1.99. The first-order chi connectivity index (χ1) is 5.29. The summed E-state index contributed by atoms with van der Waals surface area (Å²) in [5.41, 5.74) is 0. The Kier molecular flexibility index (Phi) is 4.08. The summed E-state index contributed by atoms with van der Waals surface area (Å²) in [4.78, 5) is 0. The van der Waals surface area contributed by atoms with Crippen molar-refractivity contribution in [3.05, 3.63) is 0 Å². The van der Waals surface area contributed by atoms with E-state index >= 15 is 0 Å². The monoisotopic (exact) mass is 175 g/mol. The van der Waals surface area contributed by atoms with Gasteiger partial charge in [0.05, 0.1) is 0 Å². The molecule has 2 nitrogen and oxygen atoms in total. The molecule has 0 aromatic rings. The number of hydrogen-bond acceptors (Lipinski definition) is 2. The van der Waals surface area contributed by atoms with Crippen LogP contribution in [0.25, 0.3) is 0 Å². The quantitative estimate of drug-likeness (QED) is 0.604. The van der Waals surface area contributed by atoms with Gasteiger partial charge in [0.25, 0.3) is 0 Å². The highest BCUT2D eigenvalue weighted by molar-refractivity contribution is 7.84. The summed E-state index contributed by atoms with van der Waals surface area (Å²) in [6.07, 6.45) is 5.93. The van der Waals surface area contributed by atoms with E-state index in [9.17, 15) is 4.21 Å². The smallest absolute Gasteiger partial charge is 0.0357 e. The van der Waals surface area contributed by atoms with Crippen molar-refractivity contribution in [3.8, 4) is 0 Å². The van der Waals surface area contributed by atoms with E-state index in [2.05, 4.69) is 5.32 Å². The first-order valence-electron chi connectivity index (χ1n) is 4.30. The van der Waals surface area contributed by atoms with Gasteiger partial charge in [0.1, 0.15) is 0 Å². The number of hydrogen-bond donors (Lipinski definition) is 1. The van der Waals surface area contributed by atoms with Crippen LogP contribution >= 0.6 is 0 Å². The van der Waals surface area contributed by atoms with Gasteiger partial charge in [0.2, 0.25) is 0 Å². The molecule has 0 aliphatic heterocycles. The molecule has 0 aromatic carbocycles. The molecule has 0 spiro atoms. The molecular weight excluding hydrogens is 158 g/mol. The van der Waals surface area contributed by atoms with Gasteiger partial charge in [-0.25, -0.2) is 0 Å². The lowest BCUT2D eigenvalue weighted by atomic mass is 10.3. The molecule has 11 heavy (non-hydrogen) atoms. The molecule has 1 fully saturated rings. The van der Waals surface area contributed by atoms with Crippen LogP contribution in [0.3, 0.4) is 0 Å². The number of rotatable bonds is 6. The van der Waals surface area contributed by atoms with E-state index in [4.69, 9.17) is 0 Å². The van der Waals surface area contributed by atoms with E-state index in [0.29, 0.717) is 0 Å².